The first-order chi connectivity index (χ1) is 9.80. The van der Waals surface area contributed by atoms with E-state index in [9.17, 15) is 4.79 Å². The fourth-order valence-electron chi connectivity index (χ4n) is 3.64. The minimum Gasteiger partial charge on any atom is -0.368 e. The van der Waals surface area contributed by atoms with Crippen LogP contribution in [0, 0.1) is 35.0 Å². The Bertz CT molecular complexity index is 350. The van der Waals surface area contributed by atoms with E-state index in [1.807, 2.05) is 0 Å². The third kappa shape index (κ3) is 4.47. The van der Waals surface area contributed by atoms with E-state index in [2.05, 4.69) is 74.6 Å². The van der Waals surface area contributed by atoms with Gasteiger partial charge in [-0.3, -0.25) is 4.79 Å². The molecule has 0 radical (unpaired) electrons. The molecule has 0 heterocycles. The molecule has 0 spiro atoms. The van der Waals surface area contributed by atoms with Crippen molar-refractivity contribution < 1.29 is 4.79 Å². The Morgan fingerprint density at radius 2 is 1.32 bits per heavy atom. The smallest absolute Gasteiger partial charge is 0.238 e. The summed E-state index contributed by atoms with van der Waals surface area (Å²) in [5.74, 6) is 1.48. The average Bonchev–Trinajstić information content (AvgIpc) is 2.31. The summed E-state index contributed by atoms with van der Waals surface area (Å²) in [4.78, 5) is 12.6. The van der Waals surface area contributed by atoms with Crippen molar-refractivity contribution in [1.82, 2.24) is 5.32 Å². The van der Waals surface area contributed by atoms with Crippen molar-refractivity contribution in [3.8, 4) is 0 Å². The molecule has 1 amide bonds. The highest BCUT2D eigenvalue weighted by atomic mass is 16.1. The van der Waals surface area contributed by atoms with Crippen LogP contribution in [0.3, 0.4) is 0 Å². The van der Waals surface area contributed by atoms with E-state index < -0.39 is 5.54 Å². The van der Waals surface area contributed by atoms with E-state index in [-0.39, 0.29) is 23.2 Å². The highest BCUT2D eigenvalue weighted by molar-refractivity contribution is 5.85. The topological polar surface area (TPSA) is 55.1 Å². The molecule has 0 aliphatic heterocycles. The first kappa shape index (κ1) is 21.4. The van der Waals surface area contributed by atoms with Gasteiger partial charge in [-0.1, -0.05) is 69.2 Å². The molecule has 3 nitrogen and oxygen atoms in total. The molecule has 0 aromatic heterocycles. The second-order valence-corrected chi connectivity index (χ2v) is 8.90. The van der Waals surface area contributed by atoms with Crippen molar-refractivity contribution in [2.24, 2.45) is 40.7 Å². The number of amides is 1. The first-order valence-corrected chi connectivity index (χ1v) is 8.85. The van der Waals surface area contributed by atoms with Crippen LogP contribution >= 0.6 is 0 Å². The van der Waals surface area contributed by atoms with Gasteiger partial charge in [0, 0.05) is 6.54 Å². The lowest BCUT2D eigenvalue weighted by Crippen LogP contribution is -2.67. The zero-order valence-electron chi connectivity index (χ0n) is 16.6. The highest BCUT2D eigenvalue weighted by Gasteiger charge is 2.49. The van der Waals surface area contributed by atoms with Gasteiger partial charge in [-0.2, -0.15) is 0 Å². The van der Waals surface area contributed by atoms with Crippen molar-refractivity contribution >= 4 is 5.91 Å². The summed E-state index contributed by atoms with van der Waals surface area (Å²) in [6.45, 7) is 22.7. The van der Waals surface area contributed by atoms with Gasteiger partial charge in [0.1, 0.15) is 5.54 Å². The van der Waals surface area contributed by atoms with Crippen LogP contribution in [0.1, 0.15) is 69.2 Å². The highest BCUT2D eigenvalue weighted by Crippen LogP contribution is 2.38. The number of nitrogens with two attached hydrogens (primary N) is 1. The van der Waals surface area contributed by atoms with Gasteiger partial charge in [-0.25, -0.2) is 0 Å². The third-order valence-corrected chi connectivity index (χ3v) is 5.68. The summed E-state index contributed by atoms with van der Waals surface area (Å²) >= 11 is 0. The van der Waals surface area contributed by atoms with Gasteiger partial charge in [-0.05, 0) is 35.0 Å². The van der Waals surface area contributed by atoms with E-state index in [0.29, 0.717) is 17.8 Å². The lowest BCUT2D eigenvalue weighted by molar-refractivity contribution is -0.132. The number of carbonyl (C=O) groups is 1. The number of hydrogen-bond donors (Lipinski definition) is 2. The SMILES string of the molecule is CC(C)C(C(C)C)C(NCC(C)(C)C(C)C)(C(N)=O)C(C)C. The van der Waals surface area contributed by atoms with E-state index in [0.717, 1.165) is 6.54 Å². The molecule has 3 N–H and O–H groups in total. The molecule has 0 fully saturated rings. The second-order valence-electron chi connectivity index (χ2n) is 8.90. The molecule has 0 aromatic carbocycles. The molecule has 132 valence electrons. The Balaban J connectivity index is 5.76. The predicted molar refractivity (Wildman–Crippen MR) is 96.6 cm³/mol. The Hall–Kier alpha value is -0.570. The molecule has 1 atom stereocenters. The zero-order valence-corrected chi connectivity index (χ0v) is 16.6. The van der Waals surface area contributed by atoms with Gasteiger partial charge in [0.2, 0.25) is 5.91 Å². The van der Waals surface area contributed by atoms with Crippen molar-refractivity contribution in [3.05, 3.63) is 0 Å². The van der Waals surface area contributed by atoms with Crippen LogP contribution in [0.4, 0.5) is 0 Å². The summed E-state index contributed by atoms with van der Waals surface area (Å²) in [5.41, 5.74) is 5.41. The number of hydrogen-bond acceptors (Lipinski definition) is 2. The molecule has 0 aliphatic carbocycles. The Morgan fingerprint density at radius 1 is 0.909 bits per heavy atom. The average molecular weight is 313 g/mol. The van der Waals surface area contributed by atoms with E-state index in [4.69, 9.17) is 5.73 Å². The van der Waals surface area contributed by atoms with Crippen LogP contribution in [-0.2, 0) is 4.79 Å². The number of rotatable bonds is 9. The molecule has 1 unspecified atom stereocenters. The summed E-state index contributed by atoms with van der Waals surface area (Å²) in [7, 11) is 0. The Kier molecular flexibility index (Phi) is 7.61. The van der Waals surface area contributed by atoms with Gasteiger partial charge in [0.05, 0.1) is 0 Å². The maximum absolute atomic E-state index is 12.6. The van der Waals surface area contributed by atoms with Crippen LogP contribution in [0.2, 0.25) is 0 Å². The first-order valence-electron chi connectivity index (χ1n) is 8.85. The third-order valence-electron chi connectivity index (χ3n) is 5.68. The summed E-state index contributed by atoms with van der Waals surface area (Å²) in [6, 6.07) is 0. The monoisotopic (exact) mass is 312 g/mol. The van der Waals surface area contributed by atoms with Crippen molar-refractivity contribution in [2.75, 3.05) is 6.54 Å². The van der Waals surface area contributed by atoms with Gasteiger partial charge in [0.25, 0.3) is 0 Å². The van der Waals surface area contributed by atoms with Crippen molar-refractivity contribution in [2.45, 2.75) is 74.8 Å². The molecule has 0 saturated heterocycles. The zero-order chi connectivity index (χ0) is 17.9. The molecule has 0 aliphatic rings. The lowest BCUT2D eigenvalue weighted by Gasteiger charge is -2.48. The van der Waals surface area contributed by atoms with Crippen LogP contribution < -0.4 is 11.1 Å². The fraction of sp³-hybridized carbons (Fsp3) is 0.947. The maximum atomic E-state index is 12.6. The van der Waals surface area contributed by atoms with Crippen molar-refractivity contribution in [1.29, 1.82) is 0 Å². The Labute approximate surface area is 138 Å². The molecule has 0 saturated carbocycles. The van der Waals surface area contributed by atoms with Crippen LogP contribution in [-0.4, -0.2) is 18.0 Å². The van der Waals surface area contributed by atoms with Gasteiger partial charge in [0.15, 0.2) is 0 Å². The molecule has 3 heteroatoms. The lowest BCUT2D eigenvalue weighted by atomic mass is 9.64. The summed E-state index contributed by atoms with van der Waals surface area (Å²) in [6.07, 6.45) is 0. The number of nitrogens with one attached hydrogen (secondary N) is 1. The van der Waals surface area contributed by atoms with E-state index in [1.54, 1.807) is 0 Å². The molecule has 22 heavy (non-hydrogen) atoms. The number of carbonyl (C=O) groups excluding carboxylic acids is 1. The standard InChI is InChI=1S/C19H40N2O/c1-12(2)16(13(3)4)19(15(7)8,17(20)22)21-11-18(9,10)14(5)6/h12-16,21H,11H2,1-10H3,(H2,20,22). The minimum atomic E-state index is -0.658. The molecule has 0 aromatic rings. The van der Waals surface area contributed by atoms with E-state index in [1.165, 1.54) is 0 Å². The molecular formula is C19H40N2O. The van der Waals surface area contributed by atoms with Gasteiger partial charge in [-0.15, -0.1) is 0 Å². The molecule has 0 rings (SSSR count). The fourth-order valence-corrected chi connectivity index (χ4v) is 3.64. The summed E-state index contributed by atoms with van der Waals surface area (Å²) < 4.78 is 0. The second kappa shape index (κ2) is 7.81. The minimum absolute atomic E-state index is 0.119. The van der Waals surface area contributed by atoms with Crippen LogP contribution in [0.25, 0.3) is 0 Å². The Morgan fingerprint density at radius 3 is 1.55 bits per heavy atom. The number of primary amides is 1. The molecule has 0 bridgehead atoms. The van der Waals surface area contributed by atoms with Crippen molar-refractivity contribution in [3.63, 3.8) is 0 Å². The normalized spacial score (nSPS) is 16.1. The predicted octanol–water partition coefficient (Wildman–Crippen LogP) is 4.07. The van der Waals surface area contributed by atoms with Crippen LogP contribution in [0.15, 0.2) is 0 Å². The largest absolute Gasteiger partial charge is 0.368 e. The quantitative estimate of drug-likeness (QED) is 0.674. The van der Waals surface area contributed by atoms with E-state index >= 15 is 0 Å². The van der Waals surface area contributed by atoms with Gasteiger partial charge >= 0.3 is 0 Å². The van der Waals surface area contributed by atoms with Gasteiger partial charge < -0.3 is 11.1 Å². The van der Waals surface area contributed by atoms with Crippen LogP contribution in [0.5, 0.6) is 0 Å². The maximum Gasteiger partial charge on any atom is 0.238 e. The summed E-state index contributed by atoms with van der Waals surface area (Å²) in [5, 5.41) is 3.64. The molecular weight excluding hydrogens is 272 g/mol.